The molecule has 0 aliphatic carbocycles. The maximum Gasteiger partial charge on any atom is 0.401 e. The normalized spacial score (nSPS) is 20.1. The Kier molecular flexibility index (Phi) is 4.50. The number of halogens is 3. The summed E-state index contributed by atoms with van der Waals surface area (Å²) < 4.78 is 39.7. The van der Waals surface area contributed by atoms with Crippen LogP contribution in [0.1, 0.15) is 27.7 Å². The number of hydrogen-bond acceptors (Lipinski definition) is 5. The molecule has 10 heteroatoms. The number of H-pyrrole nitrogens is 1. The van der Waals surface area contributed by atoms with Crippen LogP contribution < -0.4 is 10.5 Å². The monoisotopic (exact) mass is 372 g/mol. The lowest BCUT2D eigenvalue weighted by Gasteiger charge is -2.40. The number of aromatic amines is 1. The maximum atomic E-state index is 12.7. The van der Waals surface area contributed by atoms with Crippen molar-refractivity contribution < 1.29 is 13.2 Å². The molecule has 144 valence electrons. The molecule has 26 heavy (non-hydrogen) atoms. The average molecular weight is 372 g/mol. The summed E-state index contributed by atoms with van der Waals surface area (Å²) in [5.41, 5.74) is -0.175. The van der Waals surface area contributed by atoms with Gasteiger partial charge in [-0.15, -0.1) is 0 Å². The van der Waals surface area contributed by atoms with Crippen molar-refractivity contribution in [3.63, 3.8) is 0 Å². The topological polar surface area (TPSA) is 70.0 Å². The van der Waals surface area contributed by atoms with Crippen LogP contribution in [0.5, 0.6) is 0 Å². The second-order valence-corrected chi connectivity index (χ2v) is 7.73. The number of hydrogen-bond donors (Lipinski definition) is 1. The zero-order chi connectivity index (χ0) is 19.3. The molecular weight excluding hydrogens is 349 g/mol. The van der Waals surface area contributed by atoms with Crippen molar-refractivity contribution in [2.75, 3.05) is 31.1 Å². The van der Waals surface area contributed by atoms with Crippen LogP contribution in [0.2, 0.25) is 0 Å². The number of piperazine rings is 1. The molecule has 1 aliphatic rings. The van der Waals surface area contributed by atoms with E-state index in [0.29, 0.717) is 30.1 Å². The molecule has 0 radical (unpaired) electrons. The average Bonchev–Trinajstić information content (AvgIpc) is 2.92. The number of fused-ring (bicyclic) bond motifs is 1. The van der Waals surface area contributed by atoms with Crippen molar-refractivity contribution in [1.29, 1.82) is 0 Å². The summed E-state index contributed by atoms with van der Waals surface area (Å²) in [5, 5.41) is 4.66. The predicted molar refractivity (Wildman–Crippen MR) is 92.4 cm³/mol. The van der Waals surface area contributed by atoms with Gasteiger partial charge in [0.05, 0.1) is 18.3 Å². The zero-order valence-electron chi connectivity index (χ0n) is 15.3. The highest BCUT2D eigenvalue weighted by Gasteiger charge is 2.35. The Labute approximate surface area is 148 Å². The highest BCUT2D eigenvalue weighted by atomic mass is 19.4. The molecule has 2 aromatic heterocycles. The number of aromatic nitrogens is 4. The molecule has 0 amide bonds. The quantitative estimate of drug-likeness (QED) is 0.873. The summed E-state index contributed by atoms with van der Waals surface area (Å²) in [6.45, 7) is 7.66. The van der Waals surface area contributed by atoms with Crippen LogP contribution in [0.15, 0.2) is 11.0 Å². The lowest BCUT2D eigenvalue weighted by molar-refractivity contribution is -0.150. The Bertz CT molecular complexity index is 850. The van der Waals surface area contributed by atoms with Crippen LogP contribution >= 0.6 is 0 Å². The molecule has 1 unspecified atom stereocenters. The number of rotatable bonds is 2. The van der Waals surface area contributed by atoms with Gasteiger partial charge in [-0.05, 0) is 27.7 Å². The summed E-state index contributed by atoms with van der Waals surface area (Å²) in [7, 11) is 0. The van der Waals surface area contributed by atoms with Crippen molar-refractivity contribution in [1.82, 2.24) is 24.6 Å². The summed E-state index contributed by atoms with van der Waals surface area (Å²) in [4.78, 5) is 22.9. The minimum atomic E-state index is -4.22. The highest BCUT2D eigenvalue weighted by Crippen LogP contribution is 2.23. The van der Waals surface area contributed by atoms with Gasteiger partial charge >= 0.3 is 6.18 Å². The van der Waals surface area contributed by atoms with Crippen molar-refractivity contribution >= 4 is 17.0 Å². The molecule has 1 saturated heterocycles. The fraction of sp³-hybridized carbons (Fsp3) is 0.688. The Balaban J connectivity index is 1.89. The van der Waals surface area contributed by atoms with Gasteiger partial charge < -0.3 is 4.90 Å². The van der Waals surface area contributed by atoms with E-state index in [4.69, 9.17) is 0 Å². The van der Waals surface area contributed by atoms with E-state index < -0.39 is 12.7 Å². The van der Waals surface area contributed by atoms with E-state index in [0.717, 1.165) is 0 Å². The first kappa shape index (κ1) is 18.7. The third-order valence-electron chi connectivity index (χ3n) is 4.51. The van der Waals surface area contributed by atoms with Crippen LogP contribution in [-0.4, -0.2) is 63.0 Å². The standard InChI is InChI=1S/C16H23F3N6O/c1-10-8-23(5-6-24(10)9-16(17,18)19)14-21-12-11(13(26)22-14)7-20-25(12)15(2,3)4/h7,10H,5-6,8-9H2,1-4H3,(H,21,22,26). The van der Waals surface area contributed by atoms with Gasteiger partial charge in [-0.25, -0.2) is 4.68 Å². The molecule has 2 aromatic rings. The van der Waals surface area contributed by atoms with Crippen LogP contribution in [0.25, 0.3) is 11.0 Å². The van der Waals surface area contributed by atoms with E-state index >= 15 is 0 Å². The SMILES string of the molecule is CC1CN(c2nc3c(cnn3C(C)(C)C)c(=O)[nH]2)CCN1CC(F)(F)F. The molecule has 7 nitrogen and oxygen atoms in total. The number of alkyl halides is 3. The van der Waals surface area contributed by atoms with Crippen molar-refractivity contribution in [2.24, 2.45) is 0 Å². The second-order valence-electron chi connectivity index (χ2n) is 7.73. The van der Waals surface area contributed by atoms with Crippen LogP contribution in [-0.2, 0) is 5.54 Å². The van der Waals surface area contributed by atoms with Crippen molar-refractivity contribution in [3.05, 3.63) is 16.6 Å². The fourth-order valence-electron chi connectivity index (χ4n) is 3.20. The third-order valence-corrected chi connectivity index (χ3v) is 4.51. The summed E-state index contributed by atoms with van der Waals surface area (Å²) >= 11 is 0. The van der Waals surface area contributed by atoms with Crippen LogP contribution in [0.3, 0.4) is 0 Å². The first-order chi connectivity index (χ1) is 12.0. The van der Waals surface area contributed by atoms with E-state index in [2.05, 4.69) is 15.1 Å². The van der Waals surface area contributed by atoms with E-state index in [9.17, 15) is 18.0 Å². The van der Waals surface area contributed by atoms with E-state index in [1.165, 1.54) is 11.1 Å². The van der Waals surface area contributed by atoms with Gasteiger partial charge in [0, 0.05) is 25.7 Å². The lowest BCUT2D eigenvalue weighted by Crippen LogP contribution is -2.54. The third kappa shape index (κ3) is 3.69. The first-order valence-corrected chi connectivity index (χ1v) is 8.50. The zero-order valence-corrected chi connectivity index (χ0v) is 15.3. The molecule has 0 aromatic carbocycles. The maximum absolute atomic E-state index is 12.7. The van der Waals surface area contributed by atoms with Gasteiger partial charge in [0.1, 0.15) is 5.39 Å². The molecule has 1 fully saturated rings. The first-order valence-electron chi connectivity index (χ1n) is 8.50. The predicted octanol–water partition coefficient (Wildman–Crippen LogP) is 1.95. The Hall–Kier alpha value is -2.10. The molecule has 1 atom stereocenters. The molecule has 0 spiro atoms. The molecule has 3 rings (SSSR count). The molecular formula is C16H23F3N6O. The fourth-order valence-corrected chi connectivity index (χ4v) is 3.20. The number of nitrogens with one attached hydrogen (secondary N) is 1. The molecule has 3 heterocycles. The highest BCUT2D eigenvalue weighted by molar-refractivity contribution is 5.74. The largest absolute Gasteiger partial charge is 0.401 e. The minimum absolute atomic E-state index is 0.251. The van der Waals surface area contributed by atoms with Gasteiger partial charge in [0.15, 0.2) is 5.65 Å². The minimum Gasteiger partial charge on any atom is -0.339 e. The number of nitrogens with zero attached hydrogens (tertiary/aromatic N) is 5. The van der Waals surface area contributed by atoms with Gasteiger partial charge in [0.25, 0.3) is 5.56 Å². The van der Waals surface area contributed by atoms with E-state index in [1.54, 1.807) is 11.6 Å². The van der Waals surface area contributed by atoms with E-state index in [-0.39, 0.29) is 23.7 Å². The van der Waals surface area contributed by atoms with Crippen LogP contribution in [0.4, 0.5) is 19.1 Å². The molecule has 0 saturated carbocycles. The summed E-state index contributed by atoms with van der Waals surface area (Å²) in [6.07, 6.45) is -2.73. The Morgan fingerprint density at radius 2 is 1.96 bits per heavy atom. The van der Waals surface area contributed by atoms with Crippen molar-refractivity contribution in [2.45, 2.75) is 45.5 Å². The Morgan fingerprint density at radius 3 is 2.54 bits per heavy atom. The van der Waals surface area contributed by atoms with E-state index in [1.807, 2.05) is 25.7 Å². The molecule has 1 aliphatic heterocycles. The Morgan fingerprint density at radius 1 is 1.27 bits per heavy atom. The molecule has 1 N–H and O–H groups in total. The lowest BCUT2D eigenvalue weighted by atomic mass is 10.1. The second kappa shape index (κ2) is 6.26. The van der Waals surface area contributed by atoms with Gasteiger partial charge in [-0.1, -0.05) is 0 Å². The molecule has 0 bridgehead atoms. The van der Waals surface area contributed by atoms with Crippen LogP contribution in [0, 0.1) is 0 Å². The summed E-state index contributed by atoms with van der Waals surface area (Å²) in [6, 6.07) is -0.307. The van der Waals surface area contributed by atoms with Gasteiger partial charge in [0.2, 0.25) is 5.95 Å². The smallest absolute Gasteiger partial charge is 0.339 e. The van der Waals surface area contributed by atoms with Gasteiger partial charge in [-0.2, -0.15) is 23.3 Å². The summed E-state index contributed by atoms with van der Waals surface area (Å²) in [5.74, 6) is 0.368. The van der Waals surface area contributed by atoms with Crippen molar-refractivity contribution in [3.8, 4) is 0 Å². The number of anilines is 1. The van der Waals surface area contributed by atoms with Gasteiger partial charge in [-0.3, -0.25) is 14.7 Å².